The highest BCUT2D eigenvalue weighted by molar-refractivity contribution is 9.10. The van der Waals surface area contributed by atoms with E-state index in [-0.39, 0.29) is 18.4 Å². The number of thiocarbonyl (C=S) groups is 1. The monoisotopic (exact) mass is 441 g/mol. The summed E-state index contributed by atoms with van der Waals surface area (Å²) in [5.41, 5.74) is 0.894. The largest absolute Gasteiger partial charge is 0.304 e. The summed E-state index contributed by atoms with van der Waals surface area (Å²) in [6.07, 6.45) is 1.78. The molecule has 0 aliphatic carbocycles. The van der Waals surface area contributed by atoms with Crippen molar-refractivity contribution in [1.82, 2.24) is 10.2 Å². The van der Waals surface area contributed by atoms with Crippen molar-refractivity contribution in [3.05, 3.63) is 39.2 Å². The van der Waals surface area contributed by atoms with Gasteiger partial charge in [-0.1, -0.05) is 63.8 Å². The van der Waals surface area contributed by atoms with Crippen LogP contribution in [0.1, 0.15) is 5.56 Å². The van der Waals surface area contributed by atoms with Gasteiger partial charge in [0.25, 0.3) is 5.91 Å². The van der Waals surface area contributed by atoms with Crippen molar-refractivity contribution in [2.75, 3.05) is 18.8 Å². The number of nitrogens with one attached hydrogen (secondary N) is 1. The van der Waals surface area contributed by atoms with Gasteiger partial charge in [0.1, 0.15) is 10.9 Å². The highest BCUT2D eigenvalue weighted by atomic mass is 79.9. The minimum Gasteiger partial charge on any atom is -0.304 e. The molecule has 1 saturated heterocycles. The number of carbonyl (C=O) groups excluding carboxylic acids is 2. The molecule has 2 aliphatic heterocycles. The Morgan fingerprint density at radius 1 is 1.50 bits per heavy atom. The summed E-state index contributed by atoms with van der Waals surface area (Å²) in [7, 11) is 0. The van der Waals surface area contributed by atoms with Gasteiger partial charge >= 0.3 is 0 Å². The number of nitrogens with zero attached hydrogens (tertiary/aromatic N) is 2. The number of rotatable bonds is 3. The third kappa shape index (κ3) is 4.27. The Kier molecular flexibility index (Phi) is 5.75. The summed E-state index contributed by atoms with van der Waals surface area (Å²) in [5, 5.41) is 3.31. The maximum Gasteiger partial charge on any atom is 0.266 e. The molecule has 2 heterocycles. The molecule has 1 N–H and O–H groups in total. The zero-order chi connectivity index (χ0) is 17.1. The maximum atomic E-state index is 12.5. The summed E-state index contributed by atoms with van der Waals surface area (Å²) in [5.74, 6) is 0.329. The van der Waals surface area contributed by atoms with Gasteiger partial charge in [-0.05, 0) is 23.8 Å². The summed E-state index contributed by atoms with van der Waals surface area (Å²) in [6, 6.07) is 7.62. The molecule has 1 fully saturated rings. The van der Waals surface area contributed by atoms with Gasteiger partial charge in [0.2, 0.25) is 5.91 Å². The number of hydrogen-bond acceptors (Lipinski definition) is 6. The topological polar surface area (TPSA) is 61.8 Å². The normalized spacial score (nSPS) is 19.1. The summed E-state index contributed by atoms with van der Waals surface area (Å²) in [6.45, 7) is 0.608. The third-order valence-electron chi connectivity index (χ3n) is 3.15. The molecule has 9 heteroatoms. The molecule has 0 bridgehead atoms. The van der Waals surface area contributed by atoms with Gasteiger partial charge in [0.15, 0.2) is 5.17 Å². The third-order valence-corrected chi connectivity index (χ3v) is 5.92. The van der Waals surface area contributed by atoms with E-state index >= 15 is 0 Å². The Balaban J connectivity index is 1.68. The van der Waals surface area contributed by atoms with Crippen LogP contribution in [0.4, 0.5) is 0 Å². The van der Waals surface area contributed by atoms with E-state index in [2.05, 4.69) is 26.2 Å². The minimum absolute atomic E-state index is 0.0972. The molecule has 1 aromatic carbocycles. The molecule has 0 saturated carbocycles. The number of carbonyl (C=O) groups is 2. The Morgan fingerprint density at radius 3 is 3.04 bits per heavy atom. The van der Waals surface area contributed by atoms with Gasteiger partial charge in [0, 0.05) is 10.2 Å². The molecule has 0 atom stereocenters. The SMILES string of the molecule is O=C(CN1C(=O)C(=Cc2cccc(Br)c2)SC1=S)NC1=NCCS1. The first-order valence-corrected chi connectivity index (χ1v) is 10.0. The Hall–Kier alpha value is -1.16. The fourth-order valence-corrected chi connectivity index (χ4v) is 4.51. The molecular weight excluding hydrogens is 430 g/mol. The van der Waals surface area contributed by atoms with Gasteiger partial charge < -0.3 is 5.32 Å². The van der Waals surface area contributed by atoms with E-state index in [1.54, 1.807) is 6.08 Å². The zero-order valence-corrected chi connectivity index (χ0v) is 16.4. The molecule has 2 amide bonds. The van der Waals surface area contributed by atoms with E-state index in [1.165, 1.54) is 28.4 Å². The van der Waals surface area contributed by atoms with Gasteiger partial charge in [-0.15, -0.1) is 0 Å². The van der Waals surface area contributed by atoms with Gasteiger partial charge in [0.05, 0.1) is 11.4 Å². The quantitative estimate of drug-likeness (QED) is 0.576. The van der Waals surface area contributed by atoms with Crippen molar-refractivity contribution < 1.29 is 9.59 Å². The van der Waals surface area contributed by atoms with Crippen LogP contribution in [0, 0.1) is 0 Å². The first kappa shape index (κ1) is 17.7. The van der Waals surface area contributed by atoms with Gasteiger partial charge in [-0.3, -0.25) is 19.5 Å². The fourth-order valence-electron chi connectivity index (χ4n) is 2.10. The van der Waals surface area contributed by atoms with Crippen LogP contribution in [0.3, 0.4) is 0 Å². The van der Waals surface area contributed by atoms with Crippen molar-refractivity contribution in [3.63, 3.8) is 0 Å². The number of benzene rings is 1. The van der Waals surface area contributed by atoms with E-state index in [0.717, 1.165) is 15.8 Å². The fraction of sp³-hybridized carbons (Fsp3) is 0.200. The van der Waals surface area contributed by atoms with Crippen LogP contribution in [-0.4, -0.2) is 45.0 Å². The molecule has 0 radical (unpaired) electrons. The lowest BCUT2D eigenvalue weighted by Crippen LogP contribution is -2.40. The highest BCUT2D eigenvalue weighted by Crippen LogP contribution is 2.32. The van der Waals surface area contributed by atoms with Crippen molar-refractivity contribution in [1.29, 1.82) is 0 Å². The standard InChI is InChI=1S/C15H12BrN3O2S3/c16-10-3-1-2-9(6-10)7-11-13(21)19(15(22)24-11)8-12(20)18-14-17-4-5-23-14/h1-3,6-7H,4-5,8H2,(H,17,18,20). The molecule has 2 aliphatic rings. The second-order valence-electron chi connectivity index (χ2n) is 4.91. The number of halogens is 1. The molecule has 0 aromatic heterocycles. The zero-order valence-electron chi connectivity index (χ0n) is 12.3. The molecular formula is C15H12BrN3O2S3. The van der Waals surface area contributed by atoms with Gasteiger partial charge in [-0.2, -0.15) is 0 Å². The molecule has 1 aromatic rings. The van der Waals surface area contributed by atoms with Crippen LogP contribution in [-0.2, 0) is 9.59 Å². The van der Waals surface area contributed by atoms with Crippen molar-refractivity contribution in [2.24, 2.45) is 4.99 Å². The number of aliphatic imine (C=N–C) groups is 1. The smallest absolute Gasteiger partial charge is 0.266 e. The lowest BCUT2D eigenvalue weighted by Gasteiger charge is -2.13. The lowest BCUT2D eigenvalue weighted by atomic mass is 10.2. The number of amides is 2. The first-order chi connectivity index (χ1) is 11.5. The average Bonchev–Trinajstić information content (AvgIpc) is 3.12. The summed E-state index contributed by atoms with van der Waals surface area (Å²) in [4.78, 5) is 30.6. The lowest BCUT2D eigenvalue weighted by molar-refractivity contribution is -0.128. The van der Waals surface area contributed by atoms with Crippen molar-refractivity contribution in [3.8, 4) is 0 Å². The van der Waals surface area contributed by atoms with Crippen LogP contribution >= 0.6 is 51.7 Å². The van der Waals surface area contributed by atoms with Crippen molar-refractivity contribution in [2.45, 2.75) is 0 Å². The molecule has 0 spiro atoms. The molecule has 0 unspecified atom stereocenters. The number of hydrogen-bond donors (Lipinski definition) is 1. The predicted molar refractivity (Wildman–Crippen MR) is 107 cm³/mol. The van der Waals surface area contributed by atoms with E-state index < -0.39 is 0 Å². The first-order valence-electron chi connectivity index (χ1n) is 7.01. The van der Waals surface area contributed by atoms with E-state index in [0.29, 0.717) is 20.9 Å². The average molecular weight is 442 g/mol. The van der Waals surface area contributed by atoms with Crippen LogP contribution in [0.2, 0.25) is 0 Å². The van der Waals surface area contributed by atoms with Crippen LogP contribution in [0.25, 0.3) is 6.08 Å². The molecule has 3 rings (SSSR count). The number of amidine groups is 1. The Labute approximate surface area is 161 Å². The molecule has 5 nitrogen and oxygen atoms in total. The maximum absolute atomic E-state index is 12.5. The van der Waals surface area contributed by atoms with Crippen LogP contribution in [0.5, 0.6) is 0 Å². The van der Waals surface area contributed by atoms with Crippen LogP contribution < -0.4 is 5.32 Å². The summed E-state index contributed by atoms with van der Waals surface area (Å²) < 4.78 is 1.32. The van der Waals surface area contributed by atoms with E-state index in [4.69, 9.17) is 12.2 Å². The molecule has 124 valence electrons. The van der Waals surface area contributed by atoms with E-state index in [9.17, 15) is 9.59 Å². The van der Waals surface area contributed by atoms with E-state index in [1.807, 2.05) is 24.3 Å². The Morgan fingerprint density at radius 2 is 2.33 bits per heavy atom. The second-order valence-corrected chi connectivity index (χ2v) is 8.58. The summed E-state index contributed by atoms with van der Waals surface area (Å²) >= 11 is 11.3. The van der Waals surface area contributed by atoms with Crippen molar-refractivity contribution >= 4 is 79.1 Å². The van der Waals surface area contributed by atoms with Crippen LogP contribution in [0.15, 0.2) is 38.6 Å². The predicted octanol–water partition coefficient (Wildman–Crippen LogP) is 2.87. The Bertz CT molecular complexity index is 779. The molecule has 24 heavy (non-hydrogen) atoms. The van der Waals surface area contributed by atoms with Gasteiger partial charge in [-0.25, -0.2) is 0 Å². The minimum atomic E-state index is -0.289. The number of thioether (sulfide) groups is 2. The second kappa shape index (κ2) is 7.81. The highest BCUT2D eigenvalue weighted by Gasteiger charge is 2.33.